The van der Waals surface area contributed by atoms with E-state index in [2.05, 4.69) is 61.0 Å². The van der Waals surface area contributed by atoms with Crippen LogP contribution in [0.3, 0.4) is 0 Å². The summed E-state index contributed by atoms with van der Waals surface area (Å²) >= 11 is 3.32. The van der Waals surface area contributed by atoms with Gasteiger partial charge in [0.15, 0.2) is 5.78 Å². The molecule has 1 aromatic carbocycles. The van der Waals surface area contributed by atoms with E-state index in [0.717, 1.165) is 41.9 Å². The summed E-state index contributed by atoms with van der Waals surface area (Å²) in [6, 6.07) is 2.95. The summed E-state index contributed by atoms with van der Waals surface area (Å²) in [4.78, 5) is 20.5. The Morgan fingerprint density at radius 1 is 1.19 bits per heavy atom. The normalized spacial score (nSPS) is 18.8. The van der Waals surface area contributed by atoms with E-state index >= 15 is 0 Å². The molecule has 1 saturated heterocycles. The summed E-state index contributed by atoms with van der Waals surface area (Å²) in [5, 5.41) is 0. The molecule has 0 amide bonds. The number of halogens is 4. The van der Waals surface area contributed by atoms with Crippen LogP contribution in [-0.2, 0) is 20.9 Å². The van der Waals surface area contributed by atoms with Crippen LogP contribution in [0.25, 0.3) is 0 Å². The average Bonchev–Trinajstić information content (AvgIpc) is 3.80. The van der Waals surface area contributed by atoms with Gasteiger partial charge in [0.25, 0.3) is 0 Å². The number of carbonyl (C=O) groups is 1. The number of aliphatic imine (C=N–C) groups is 1. The topological polar surface area (TPSA) is 51.1 Å². The van der Waals surface area contributed by atoms with Gasteiger partial charge in [0.1, 0.15) is 11.4 Å². The van der Waals surface area contributed by atoms with Crippen molar-refractivity contribution in [2.45, 2.75) is 92.4 Å². The number of Topliss-reactive ketones (excluding diaryl/α,β-unsaturated/α-hetero) is 1. The van der Waals surface area contributed by atoms with Crippen LogP contribution in [-0.4, -0.2) is 43.3 Å². The van der Waals surface area contributed by atoms with Crippen LogP contribution in [0.1, 0.15) is 79.2 Å². The highest BCUT2D eigenvalue weighted by atomic mass is 79.9. The van der Waals surface area contributed by atoms with E-state index in [0.29, 0.717) is 48.6 Å². The molecule has 1 atom stereocenters. The van der Waals surface area contributed by atoms with Crippen molar-refractivity contribution in [1.29, 1.82) is 0 Å². The number of nitrogens with zero attached hydrogens (tertiary/aromatic N) is 2. The second-order valence-corrected chi connectivity index (χ2v) is 12.8. The minimum atomic E-state index is -3.01. The van der Waals surface area contributed by atoms with Gasteiger partial charge in [0.05, 0.1) is 19.0 Å². The molecule has 1 aliphatic heterocycles. The van der Waals surface area contributed by atoms with Gasteiger partial charge in [0, 0.05) is 40.4 Å². The third-order valence-corrected chi connectivity index (χ3v) is 8.93. The molecular formula is C34H46BrF3N2O3. The number of allylic oxidation sites excluding steroid dienone is 5. The zero-order chi connectivity index (χ0) is 31.9. The monoisotopic (exact) mass is 666 g/mol. The molecule has 0 bridgehead atoms. The Kier molecular flexibility index (Phi) is 12.7. The quantitative estimate of drug-likeness (QED) is 0.106. The predicted octanol–water partition coefficient (Wildman–Crippen LogP) is 9.21. The molecule has 43 heavy (non-hydrogen) atoms. The van der Waals surface area contributed by atoms with E-state index in [1.807, 2.05) is 17.9 Å². The fourth-order valence-electron chi connectivity index (χ4n) is 5.45. The third-order valence-electron chi connectivity index (χ3n) is 8.47. The number of alkyl halides is 2. The van der Waals surface area contributed by atoms with Crippen molar-refractivity contribution < 1.29 is 27.4 Å². The van der Waals surface area contributed by atoms with Crippen LogP contribution in [0, 0.1) is 23.6 Å². The van der Waals surface area contributed by atoms with E-state index in [1.165, 1.54) is 6.07 Å². The first-order valence-corrected chi connectivity index (χ1v) is 16.1. The van der Waals surface area contributed by atoms with Gasteiger partial charge in [-0.1, -0.05) is 50.2 Å². The average molecular weight is 668 g/mol. The number of anilines is 1. The lowest BCUT2D eigenvalue weighted by molar-refractivity contribution is -0.137. The fraction of sp³-hybridized carbons (Fsp3) is 0.588. The molecule has 2 fully saturated rings. The molecule has 1 heterocycles. The maximum absolute atomic E-state index is 14.9. The smallest absolute Gasteiger partial charge is 0.345 e. The van der Waals surface area contributed by atoms with E-state index in [1.54, 1.807) is 13.0 Å². The van der Waals surface area contributed by atoms with E-state index in [4.69, 9.17) is 9.73 Å². The number of carbonyl (C=O) groups excluding carboxylic acids is 1. The SMILES string of the molecule is C=C(/C(=C\C=C(\OCC)C(C)CC)C(=NC1(C(C)=O)CCN(c2cc(Br)cc(F)c2COC(F)F)CC1)C(C)C)C1CC1. The Morgan fingerprint density at radius 3 is 2.35 bits per heavy atom. The second kappa shape index (κ2) is 15.6. The molecule has 1 aliphatic carbocycles. The number of hydrogen-bond donors (Lipinski definition) is 0. The molecule has 0 N–H and O–H groups in total. The van der Waals surface area contributed by atoms with Gasteiger partial charge >= 0.3 is 6.61 Å². The van der Waals surface area contributed by atoms with Crippen molar-refractivity contribution in [3.8, 4) is 0 Å². The molecule has 0 aromatic heterocycles. The number of rotatable bonds is 15. The summed E-state index contributed by atoms with van der Waals surface area (Å²) in [5.74, 6) is 0.945. The standard InChI is InChI=1S/C34H46BrF3N2O3/c1-8-22(5)31(42-9-2)13-12-27(23(6)25-10-11-25)32(21(3)4)39-34(24(7)41)14-16-40(17-15-34)30-19-26(35)18-29(36)28(30)20-43-33(37)38/h12-13,18-19,21-22,25,33H,6,8-11,14-17,20H2,1-5,7H3/b27-12+,31-13+,39-32?. The second-order valence-electron chi connectivity index (χ2n) is 11.9. The van der Waals surface area contributed by atoms with Gasteiger partial charge < -0.3 is 14.4 Å². The lowest BCUT2D eigenvalue weighted by Gasteiger charge is -2.40. The molecule has 9 heteroatoms. The van der Waals surface area contributed by atoms with Crippen molar-refractivity contribution in [1.82, 2.24) is 0 Å². The maximum atomic E-state index is 14.9. The van der Waals surface area contributed by atoms with Crippen molar-refractivity contribution in [2.24, 2.45) is 22.7 Å². The molecule has 3 rings (SSSR count). The fourth-order valence-corrected chi connectivity index (χ4v) is 5.87. The number of benzene rings is 1. The molecule has 1 unspecified atom stereocenters. The van der Waals surface area contributed by atoms with Crippen LogP contribution >= 0.6 is 15.9 Å². The highest BCUT2D eigenvalue weighted by Gasteiger charge is 2.41. The largest absolute Gasteiger partial charge is 0.498 e. The Balaban J connectivity index is 2.01. The summed E-state index contributed by atoms with van der Waals surface area (Å²) in [6.07, 6.45) is 8.03. The minimum Gasteiger partial charge on any atom is -0.498 e. The Hall–Kier alpha value is -2.39. The molecule has 0 radical (unpaired) electrons. The Bertz CT molecular complexity index is 1250. The molecule has 1 aromatic rings. The highest BCUT2D eigenvalue weighted by Crippen LogP contribution is 2.41. The van der Waals surface area contributed by atoms with Crippen molar-refractivity contribution in [2.75, 3.05) is 24.6 Å². The summed E-state index contributed by atoms with van der Waals surface area (Å²) in [6.45, 7) is 14.3. The van der Waals surface area contributed by atoms with Crippen molar-refractivity contribution >= 4 is 33.1 Å². The minimum absolute atomic E-state index is 0.0285. The van der Waals surface area contributed by atoms with Crippen LogP contribution in [0.15, 0.2) is 57.2 Å². The molecule has 0 spiro atoms. The van der Waals surface area contributed by atoms with Crippen molar-refractivity contribution in [3.63, 3.8) is 0 Å². The third kappa shape index (κ3) is 9.07. The van der Waals surface area contributed by atoms with Gasteiger partial charge in [-0.2, -0.15) is 8.78 Å². The Labute approximate surface area is 263 Å². The molecule has 5 nitrogen and oxygen atoms in total. The number of ketones is 1. The predicted molar refractivity (Wildman–Crippen MR) is 171 cm³/mol. The number of ether oxygens (including phenoxy) is 2. The van der Waals surface area contributed by atoms with Gasteiger partial charge in [-0.15, -0.1) is 0 Å². The molecule has 1 saturated carbocycles. The van der Waals surface area contributed by atoms with Crippen LogP contribution in [0.4, 0.5) is 18.9 Å². The highest BCUT2D eigenvalue weighted by molar-refractivity contribution is 9.10. The summed E-state index contributed by atoms with van der Waals surface area (Å²) in [7, 11) is 0. The Morgan fingerprint density at radius 2 is 1.84 bits per heavy atom. The lowest BCUT2D eigenvalue weighted by Crippen LogP contribution is -2.48. The molecule has 238 valence electrons. The number of piperidine rings is 1. The van der Waals surface area contributed by atoms with Gasteiger partial charge in [0.2, 0.25) is 0 Å². The van der Waals surface area contributed by atoms with E-state index in [-0.39, 0.29) is 23.2 Å². The van der Waals surface area contributed by atoms with Crippen LogP contribution in [0.2, 0.25) is 0 Å². The molecular weight excluding hydrogens is 621 g/mol. The van der Waals surface area contributed by atoms with Crippen LogP contribution in [0.5, 0.6) is 0 Å². The first-order chi connectivity index (χ1) is 20.3. The van der Waals surface area contributed by atoms with E-state index < -0.39 is 24.6 Å². The van der Waals surface area contributed by atoms with Gasteiger partial charge in [-0.3, -0.25) is 9.79 Å². The summed E-state index contributed by atoms with van der Waals surface area (Å²) in [5.41, 5.74) is 2.41. The van der Waals surface area contributed by atoms with Gasteiger partial charge in [-0.05, 0) is 93.2 Å². The number of hydrogen-bond acceptors (Lipinski definition) is 5. The maximum Gasteiger partial charge on any atom is 0.345 e. The van der Waals surface area contributed by atoms with E-state index in [9.17, 15) is 18.0 Å². The lowest BCUT2D eigenvalue weighted by atomic mass is 9.82. The first-order valence-electron chi connectivity index (χ1n) is 15.3. The molecule has 2 aliphatic rings. The first kappa shape index (κ1) is 35.1. The van der Waals surface area contributed by atoms with Crippen molar-refractivity contribution in [3.05, 3.63) is 63.6 Å². The zero-order valence-electron chi connectivity index (χ0n) is 26.3. The zero-order valence-corrected chi connectivity index (χ0v) is 27.9. The summed E-state index contributed by atoms with van der Waals surface area (Å²) < 4.78 is 51.4. The van der Waals surface area contributed by atoms with Gasteiger partial charge in [-0.25, -0.2) is 4.39 Å². The van der Waals surface area contributed by atoms with Crippen LogP contribution < -0.4 is 4.90 Å².